The average Bonchev–Trinajstić information content (AvgIpc) is 2.76. The van der Waals surface area contributed by atoms with Gasteiger partial charge >= 0.3 is 0 Å². The third kappa shape index (κ3) is 2.75. The minimum absolute atomic E-state index is 0.232. The molecule has 1 aliphatic heterocycles. The third-order valence-electron chi connectivity index (χ3n) is 2.05. The predicted octanol–water partition coefficient (Wildman–Crippen LogP) is 0.810. The minimum atomic E-state index is -0.427. The van der Waals surface area contributed by atoms with Crippen LogP contribution in [0.5, 0.6) is 0 Å². The second-order valence-corrected chi connectivity index (χ2v) is 4.17. The minimum Gasteiger partial charge on any atom is -0.392 e. The molecule has 1 saturated heterocycles. The molecule has 0 saturated carbocycles. The quantitative estimate of drug-likeness (QED) is 0.807. The lowest BCUT2D eigenvalue weighted by atomic mass is 10.2. The molecule has 2 rings (SSSR count). The fourth-order valence-corrected chi connectivity index (χ4v) is 2.09. The highest BCUT2D eigenvalue weighted by Gasteiger charge is 2.20. The van der Waals surface area contributed by atoms with E-state index >= 15 is 0 Å². The van der Waals surface area contributed by atoms with Crippen molar-refractivity contribution in [3.8, 4) is 0 Å². The van der Waals surface area contributed by atoms with E-state index in [0.29, 0.717) is 26.1 Å². The van der Waals surface area contributed by atoms with Crippen LogP contribution in [-0.4, -0.2) is 35.7 Å². The third-order valence-corrected chi connectivity index (χ3v) is 2.85. The number of aromatic nitrogens is 1. The van der Waals surface area contributed by atoms with Crippen molar-refractivity contribution in [2.75, 3.05) is 13.2 Å². The topological polar surface area (TPSA) is 51.6 Å². The molecule has 78 valence electrons. The van der Waals surface area contributed by atoms with Crippen molar-refractivity contribution in [1.82, 2.24) is 4.98 Å². The lowest BCUT2D eigenvalue weighted by Gasteiger charge is -2.13. The first kappa shape index (κ1) is 10.0. The summed E-state index contributed by atoms with van der Waals surface area (Å²) in [4.78, 5) is 4.11. The van der Waals surface area contributed by atoms with Crippen molar-refractivity contribution >= 4 is 11.3 Å². The number of thiazole rings is 1. The molecular weight excluding hydrogens is 202 g/mol. The zero-order valence-corrected chi connectivity index (χ0v) is 8.57. The maximum Gasteiger partial charge on any atom is 0.160 e. The molecule has 4 nitrogen and oxygen atoms in total. The Morgan fingerprint density at radius 3 is 3.00 bits per heavy atom. The summed E-state index contributed by atoms with van der Waals surface area (Å²) in [7, 11) is 0. The van der Waals surface area contributed by atoms with E-state index in [4.69, 9.17) is 9.47 Å². The van der Waals surface area contributed by atoms with Crippen LogP contribution in [0.25, 0.3) is 0 Å². The summed E-state index contributed by atoms with van der Waals surface area (Å²) in [6, 6.07) is 0. The van der Waals surface area contributed by atoms with Gasteiger partial charge in [0.25, 0.3) is 0 Å². The number of hydrogen-bond donors (Lipinski definition) is 1. The zero-order chi connectivity index (χ0) is 9.80. The lowest BCUT2D eigenvalue weighted by Crippen LogP contribution is -2.20. The molecule has 0 bridgehead atoms. The molecular formula is C9H13NO3S. The molecule has 5 heteroatoms. The Morgan fingerprint density at radius 2 is 2.36 bits per heavy atom. The van der Waals surface area contributed by atoms with E-state index in [0.717, 1.165) is 5.01 Å². The molecule has 0 amide bonds. The maximum absolute atomic E-state index is 9.69. The van der Waals surface area contributed by atoms with Gasteiger partial charge in [0.15, 0.2) is 6.29 Å². The first-order chi connectivity index (χ1) is 6.84. The maximum atomic E-state index is 9.69. The van der Waals surface area contributed by atoms with Gasteiger partial charge in [0.1, 0.15) is 0 Å². The number of rotatable bonds is 4. The molecule has 1 N–H and O–H groups in total. The summed E-state index contributed by atoms with van der Waals surface area (Å²) >= 11 is 1.56. The smallest absolute Gasteiger partial charge is 0.160 e. The SMILES string of the molecule is OC(Cc1nccs1)CC1OCCO1. The van der Waals surface area contributed by atoms with Crippen molar-refractivity contribution in [2.45, 2.75) is 25.2 Å². The largest absolute Gasteiger partial charge is 0.392 e. The standard InChI is InChI=1S/C9H13NO3S/c11-7(5-8-10-1-4-14-8)6-9-12-2-3-13-9/h1,4,7,9,11H,2-3,5-6H2. The van der Waals surface area contributed by atoms with Crippen LogP contribution >= 0.6 is 11.3 Å². The molecule has 1 aromatic heterocycles. The highest BCUT2D eigenvalue weighted by Crippen LogP contribution is 2.14. The normalized spacial score (nSPS) is 20.1. The van der Waals surface area contributed by atoms with Gasteiger partial charge in [-0.05, 0) is 0 Å². The number of aliphatic hydroxyl groups excluding tert-OH is 1. The first-order valence-electron chi connectivity index (χ1n) is 4.64. The Labute approximate surface area is 86.5 Å². The van der Waals surface area contributed by atoms with Crippen LogP contribution in [0, 0.1) is 0 Å². The van der Waals surface area contributed by atoms with Crippen molar-refractivity contribution in [3.05, 3.63) is 16.6 Å². The molecule has 1 atom stereocenters. The van der Waals surface area contributed by atoms with Crippen molar-refractivity contribution in [3.63, 3.8) is 0 Å². The van der Waals surface area contributed by atoms with E-state index in [-0.39, 0.29) is 6.29 Å². The second kappa shape index (κ2) is 4.84. The van der Waals surface area contributed by atoms with Gasteiger partial charge in [-0.3, -0.25) is 0 Å². The van der Waals surface area contributed by atoms with Gasteiger partial charge in [-0.15, -0.1) is 11.3 Å². The van der Waals surface area contributed by atoms with Gasteiger partial charge in [-0.25, -0.2) is 4.98 Å². The van der Waals surface area contributed by atoms with E-state index in [1.807, 2.05) is 5.38 Å². The highest BCUT2D eigenvalue weighted by atomic mass is 32.1. The van der Waals surface area contributed by atoms with E-state index in [2.05, 4.69) is 4.98 Å². The molecule has 2 heterocycles. The lowest BCUT2D eigenvalue weighted by molar-refractivity contribution is -0.0698. The Balaban J connectivity index is 1.75. The van der Waals surface area contributed by atoms with Gasteiger partial charge < -0.3 is 14.6 Å². The van der Waals surface area contributed by atoms with Crippen LogP contribution in [-0.2, 0) is 15.9 Å². The molecule has 1 aromatic rings. The molecule has 1 aliphatic rings. The van der Waals surface area contributed by atoms with E-state index in [1.54, 1.807) is 17.5 Å². The number of aliphatic hydroxyl groups is 1. The summed E-state index contributed by atoms with van der Waals surface area (Å²) < 4.78 is 10.5. The first-order valence-corrected chi connectivity index (χ1v) is 5.52. The zero-order valence-electron chi connectivity index (χ0n) is 7.76. The second-order valence-electron chi connectivity index (χ2n) is 3.19. The van der Waals surface area contributed by atoms with Crippen molar-refractivity contribution in [1.29, 1.82) is 0 Å². The Morgan fingerprint density at radius 1 is 1.57 bits per heavy atom. The number of hydrogen-bond acceptors (Lipinski definition) is 5. The molecule has 0 spiro atoms. The average molecular weight is 215 g/mol. The van der Waals surface area contributed by atoms with Crippen LogP contribution < -0.4 is 0 Å². The van der Waals surface area contributed by atoms with Crippen LogP contribution in [0.3, 0.4) is 0 Å². The Kier molecular flexibility index (Phi) is 3.47. The summed E-state index contributed by atoms with van der Waals surface area (Å²) in [5, 5.41) is 12.5. The van der Waals surface area contributed by atoms with Gasteiger partial charge in [0.05, 0.1) is 24.3 Å². The van der Waals surface area contributed by atoms with Crippen LogP contribution in [0.4, 0.5) is 0 Å². The van der Waals surface area contributed by atoms with Crippen LogP contribution in [0.15, 0.2) is 11.6 Å². The molecule has 1 unspecified atom stereocenters. The van der Waals surface area contributed by atoms with Crippen LogP contribution in [0.1, 0.15) is 11.4 Å². The molecule has 1 fully saturated rings. The summed E-state index contributed by atoms with van der Waals surface area (Å²) in [6.45, 7) is 1.27. The fraction of sp³-hybridized carbons (Fsp3) is 0.667. The Hall–Kier alpha value is -0.490. The van der Waals surface area contributed by atoms with Crippen molar-refractivity contribution < 1.29 is 14.6 Å². The Bertz CT molecular complexity index is 259. The summed E-state index contributed by atoms with van der Waals surface area (Å²) in [5.41, 5.74) is 0. The van der Waals surface area contributed by atoms with Crippen LogP contribution in [0.2, 0.25) is 0 Å². The number of ether oxygens (including phenoxy) is 2. The predicted molar refractivity (Wildman–Crippen MR) is 52.1 cm³/mol. The van der Waals surface area contributed by atoms with Gasteiger partial charge in [-0.1, -0.05) is 0 Å². The van der Waals surface area contributed by atoms with Crippen molar-refractivity contribution in [2.24, 2.45) is 0 Å². The molecule has 0 aromatic carbocycles. The van der Waals surface area contributed by atoms with E-state index in [1.165, 1.54) is 0 Å². The van der Waals surface area contributed by atoms with Gasteiger partial charge in [0.2, 0.25) is 0 Å². The highest BCUT2D eigenvalue weighted by molar-refractivity contribution is 7.09. The number of nitrogens with zero attached hydrogens (tertiary/aromatic N) is 1. The summed E-state index contributed by atoms with van der Waals surface area (Å²) in [6.07, 6.45) is 2.20. The summed E-state index contributed by atoms with van der Waals surface area (Å²) in [5.74, 6) is 0. The van der Waals surface area contributed by atoms with Gasteiger partial charge in [0, 0.05) is 24.4 Å². The van der Waals surface area contributed by atoms with E-state index in [9.17, 15) is 5.11 Å². The van der Waals surface area contributed by atoms with E-state index < -0.39 is 6.10 Å². The monoisotopic (exact) mass is 215 g/mol. The molecule has 14 heavy (non-hydrogen) atoms. The van der Waals surface area contributed by atoms with Gasteiger partial charge in [-0.2, -0.15) is 0 Å². The fourth-order valence-electron chi connectivity index (χ4n) is 1.40. The molecule has 0 aliphatic carbocycles. The molecule has 0 radical (unpaired) electrons.